The average Bonchev–Trinajstić information content (AvgIpc) is 2.78. The van der Waals surface area contributed by atoms with Gasteiger partial charge >= 0.3 is 0 Å². The molecule has 0 aromatic carbocycles. The second-order valence-corrected chi connectivity index (χ2v) is 6.79. The summed E-state index contributed by atoms with van der Waals surface area (Å²) in [5, 5.41) is 0. The Kier molecular flexibility index (Phi) is 18.4. The summed E-state index contributed by atoms with van der Waals surface area (Å²) in [6.07, 6.45) is 3.91. The Bertz CT molecular complexity index is 458. The van der Waals surface area contributed by atoms with Gasteiger partial charge in [-0.05, 0) is 40.5 Å². The quantitative estimate of drug-likeness (QED) is 0.170. The van der Waals surface area contributed by atoms with E-state index in [-0.39, 0.29) is 0 Å². The molecule has 7 heteroatoms. The summed E-state index contributed by atoms with van der Waals surface area (Å²) in [5.74, 6) is 2.55. The number of methoxy groups -OCH3 is 2. The standard InChI is InChI=1S/C24H46O7/c1-9-15-17-19(27-11-3)21(29-13-5)23(25-7)31-24(26-8)22(30-14-6)20(28-12-4)18-16-10-2/h23-24H,9-18H2,1-8H3. The molecule has 0 aliphatic heterocycles. The highest BCUT2D eigenvalue weighted by Crippen LogP contribution is 2.26. The van der Waals surface area contributed by atoms with Crippen LogP contribution in [-0.2, 0) is 33.2 Å². The molecule has 0 aromatic heterocycles. The molecule has 184 valence electrons. The second kappa shape index (κ2) is 19.3. The Hall–Kier alpha value is -1.44. The molecule has 7 nitrogen and oxygen atoms in total. The van der Waals surface area contributed by atoms with Gasteiger partial charge in [0, 0.05) is 27.1 Å². The largest absolute Gasteiger partial charge is 0.495 e. The number of unbranched alkanes of at least 4 members (excludes halogenated alkanes) is 2. The van der Waals surface area contributed by atoms with E-state index in [1.165, 1.54) is 0 Å². The van der Waals surface area contributed by atoms with Crippen LogP contribution < -0.4 is 0 Å². The second-order valence-electron chi connectivity index (χ2n) is 6.79. The molecule has 0 bridgehead atoms. The molecule has 0 rings (SSSR count). The lowest BCUT2D eigenvalue weighted by atomic mass is 10.2. The lowest BCUT2D eigenvalue weighted by Gasteiger charge is -2.28. The molecule has 31 heavy (non-hydrogen) atoms. The van der Waals surface area contributed by atoms with E-state index < -0.39 is 12.6 Å². The van der Waals surface area contributed by atoms with Crippen LogP contribution in [0.15, 0.2) is 23.0 Å². The van der Waals surface area contributed by atoms with Crippen LogP contribution in [0.5, 0.6) is 0 Å². The van der Waals surface area contributed by atoms with Gasteiger partial charge in [0.15, 0.2) is 11.5 Å². The van der Waals surface area contributed by atoms with E-state index >= 15 is 0 Å². The lowest BCUT2D eigenvalue weighted by Crippen LogP contribution is -2.32. The van der Waals surface area contributed by atoms with Gasteiger partial charge in [0.1, 0.15) is 11.5 Å². The first kappa shape index (κ1) is 29.6. The van der Waals surface area contributed by atoms with Crippen molar-refractivity contribution in [3.8, 4) is 0 Å². The highest BCUT2D eigenvalue weighted by Gasteiger charge is 2.30. The fourth-order valence-corrected chi connectivity index (χ4v) is 2.99. The van der Waals surface area contributed by atoms with E-state index in [0.717, 1.165) is 50.0 Å². The third kappa shape index (κ3) is 11.1. The molecule has 0 saturated heterocycles. The van der Waals surface area contributed by atoms with Crippen molar-refractivity contribution in [2.45, 2.75) is 92.6 Å². The average molecular weight is 447 g/mol. The van der Waals surface area contributed by atoms with Crippen molar-refractivity contribution in [1.82, 2.24) is 0 Å². The number of hydrogen-bond donors (Lipinski definition) is 0. The van der Waals surface area contributed by atoms with Gasteiger partial charge in [-0.1, -0.05) is 26.7 Å². The normalized spacial score (nSPS) is 15.0. The summed E-state index contributed by atoms with van der Waals surface area (Å²) in [5.41, 5.74) is 0. The molecular formula is C24H46O7. The van der Waals surface area contributed by atoms with Crippen LogP contribution in [0.2, 0.25) is 0 Å². The lowest BCUT2D eigenvalue weighted by molar-refractivity contribution is -0.226. The minimum absolute atomic E-state index is 0.466. The smallest absolute Gasteiger partial charge is 0.222 e. The predicted molar refractivity (Wildman–Crippen MR) is 122 cm³/mol. The first-order chi connectivity index (χ1) is 15.1. The van der Waals surface area contributed by atoms with Gasteiger partial charge in [-0.3, -0.25) is 0 Å². The molecule has 0 aliphatic carbocycles. The Labute approximate surface area is 190 Å². The van der Waals surface area contributed by atoms with Crippen molar-refractivity contribution in [1.29, 1.82) is 0 Å². The highest BCUT2D eigenvalue weighted by atomic mass is 16.8. The van der Waals surface area contributed by atoms with E-state index in [4.69, 9.17) is 33.2 Å². The predicted octanol–water partition coefficient (Wildman–Crippen LogP) is 5.90. The minimum atomic E-state index is -0.812. The molecule has 0 aliphatic rings. The third-order valence-electron chi connectivity index (χ3n) is 4.40. The monoisotopic (exact) mass is 446 g/mol. The van der Waals surface area contributed by atoms with Crippen molar-refractivity contribution in [2.24, 2.45) is 0 Å². The van der Waals surface area contributed by atoms with E-state index in [1.54, 1.807) is 14.2 Å². The molecule has 0 radical (unpaired) electrons. The molecule has 0 fully saturated rings. The van der Waals surface area contributed by atoms with Crippen LogP contribution in [0.4, 0.5) is 0 Å². The Morgan fingerprint density at radius 1 is 0.548 bits per heavy atom. The zero-order chi connectivity index (χ0) is 23.5. The van der Waals surface area contributed by atoms with Gasteiger partial charge in [0.05, 0.1) is 26.4 Å². The van der Waals surface area contributed by atoms with E-state index in [0.29, 0.717) is 37.9 Å². The summed E-state index contributed by atoms with van der Waals surface area (Å²) in [7, 11) is 3.15. The van der Waals surface area contributed by atoms with Crippen LogP contribution >= 0.6 is 0 Å². The highest BCUT2D eigenvalue weighted by molar-refractivity contribution is 5.09. The van der Waals surface area contributed by atoms with Gasteiger partial charge in [-0.2, -0.15) is 0 Å². The molecule has 0 heterocycles. The maximum atomic E-state index is 6.22. The molecule has 2 unspecified atom stereocenters. The van der Waals surface area contributed by atoms with E-state index in [2.05, 4.69) is 13.8 Å². The fraction of sp³-hybridized carbons (Fsp3) is 0.833. The Morgan fingerprint density at radius 2 is 0.903 bits per heavy atom. The van der Waals surface area contributed by atoms with Crippen molar-refractivity contribution in [3.05, 3.63) is 23.0 Å². The van der Waals surface area contributed by atoms with Crippen LogP contribution in [0, 0.1) is 0 Å². The van der Waals surface area contributed by atoms with Crippen molar-refractivity contribution >= 4 is 0 Å². The molecule has 0 N–H and O–H groups in total. The van der Waals surface area contributed by atoms with Crippen LogP contribution in [-0.4, -0.2) is 53.2 Å². The van der Waals surface area contributed by atoms with Crippen LogP contribution in [0.25, 0.3) is 0 Å². The Morgan fingerprint density at radius 3 is 1.16 bits per heavy atom. The maximum absolute atomic E-state index is 6.22. The maximum Gasteiger partial charge on any atom is 0.222 e. The minimum Gasteiger partial charge on any atom is -0.495 e. The molecule has 0 aromatic rings. The van der Waals surface area contributed by atoms with Crippen molar-refractivity contribution < 1.29 is 33.2 Å². The first-order valence-electron chi connectivity index (χ1n) is 11.8. The molecule has 0 spiro atoms. The molecule has 2 atom stereocenters. The summed E-state index contributed by atoms with van der Waals surface area (Å²) in [6.45, 7) is 14.0. The van der Waals surface area contributed by atoms with E-state index in [9.17, 15) is 0 Å². The number of hydrogen-bond acceptors (Lipinski definition) is 7. The number of rotatable bonds is 20. The van der Waals surface area contributed by atoms with E-state index in [1.807, 2.05) is 27.7 Å². The zero-order valence-electron chi connectivity index (χ0n) is 21.1. The van der Waals surface area contributed by atoms with Gasteiger partial charge in [0.2, 0.25) is 12.6 Å². The third-order valence-corrected chi connectivity index (χ3v) is 4.40. The topological polar surface area (TPSA) is 64.6 Å². The molecule has 0 saturated carbocycles. The number of allylic oxidation sites excluding steroid dienone is 2. The summed E-state index contributed by atoms with van der Waals surface area (Å²) < 4.78 is 41.2. The molecular weight excluding hydrogens is 400 g/mol. The number of ether oxygens (including phenoxy) is 7. The molecule has 0 amide bonds. The van der Waals surface area contributed by atoms with Gasteiger partial charge < -0.3 is 33.2 Å². The first-order valence-corrected chi connectivity index (χ1v) is 11.8. The van der Waals surface area contributed by atoms with Crippen molar-refractivity contribution in [3.63, 3.8) is 0 Å². The van der Waals surface area contributed by atoms with Gasteiger partial charge in [-0.15, -0.1) is 0 Å². The van der Waals surface area contributed by atoms with Crippen LogP contribution in [0.1, 0.15) is 80.1 Å². The van der Waals surface area contributed by atoms with Gasteiger partial charge in [0.25, 0.3) is 0 Å². The Balaban J connectivity index is 6.06. The summed E-state index contributed by atoms with van der Waals surface area (Å²) >= 11 is 0. The van der Waals surface area contributed by atoms with Crippen LogP contribution in [0.3, 0.4) is 0 Å². The summed E-state index contributed by atoms with van der Waals surface area (Å²) in [4.78, 5) is 0. The SMILES string of the molecule is CCCCC(OCC)=C(OCC)C(OC)OC(OC)C(OCC)=C(CCCC)OCC. The van der Waals surface area contributed by atoms with Crippen molar-refractivity contribution in [2.75, 3.05) is 40.6 Å². The summed E-state index contributed by atoms with van der Waals surface area (Å²) in [6, 6.07) is 0. The fourth-order valence-electron chi connectivity index (χ4n) is 2.99. The zero-order valence-corrected chi connectivity index (χ0v) is 21.1. The van der Waals surface area contributed by atoms with Gasteiger partial charge in [-0.25, -0.2) is 0 Å².